The fourth-order valence-corrected chi connectivity index (χ4v) is 2.93. The van der Waals surface area contributed by atoms with E-state index in [2.05, 4.69) is 15.3 Å². The van der Waals surface area contributed by atoms with Crippen LogP contribution in [0.4, 0.5) is 5.95 Å². The van der Waals surface area contributed by atoms with Gasteiger partial charge in [-0.1, -0.05) is 6.07 Å². The number of fused-ring (bicyclic) bond motifs is 1. The summed E-state index contributed by atoms with van der Waals surface area (Å²) in [5, 5.41) is 3.36. The van der Waals surface area contributed by atoms with Crippen molar-refractivity contribution < 1.29 is 4.74 Å². The van der Waals surface area contributed by atoms with Crippen LogP contribution >= 0.6 is 0 Å². The minimum atomic E-state index is 0.0496. The predicted molar refractivity (Wildman–Crippen MR) is 84.0 cm³/mol. The van der Waals surface area contributed by atoms with Crippen LogP contribution in [-0.4, -0.2) is 34.3 Å². The Morgan fingerprint density at radius 2 is 2.18 bits per heavy atom. The topological polar surface area (TPSA) is 69.0 Å². The van der Waals surface area contributed by atoms with Gasteiger partial charge >= 0.3 is 0 Å². The number of nitrogens with one attached hydrogen (secondary N) is 1. The van der Waals surface area contributed by atoms with Crippen molar-refractivity contribution in [2.75, 3.05) is 19.0 Å². The maximum atomic E-state index is 12.0. The number of methoxy groups -OCH3 is 1. The molecule has 22 heavy (non-hydrogen) atoms. The van der Waals surface area contributed by atoms with E-state index < -0.39 is 0 Å². The van der Waals surface area contributed by atoms with Crippen molar-refractivity contribution in [1.29, 1.82) is 0 Å². The molecule has 2 aromatic heterocycles. The highest BCUT2D eigenvalue weighted by atomic mass is 16.5. The number of anilines is 1. The van der Waals surface area contributed by atoms with Crippen molar-refractivity contribution in [3.05, 3.63) is 52.2 Å². The van der Waals surface area contributed by atoms with Gasteiger partial charge in [-0.05, 0) is 30.9 Å². The smallest absolute Gasteiger partial charge is 0.250 e. The highest BCUT2D eigenvalue weighted by molar-refractivity contribution is 5.31. The number of ether oxygens (including phenoxy) is 1. The molecular weight excluding hydrogens is 280 g/mol. The van der Waals surface area contributed by atoms with Crippen molar-refractivity contribution in [3.63, 3.8) is 0 Å². The largest absolute Gasteiger partial charge is 0.383 e. The van der Waals surface area contributed by atoms with Gasteiger partial charge in [0, 0.05) is 43.9 Å². The average molecular weight is 300 g/mol. The molecule has 0 saturated heterocycles. The zero-order chi connectivity index (χ0) is 15.4. The van der Waals surface area contributed by atoms with Crippen LogP contribution in [0.1, 0.15) is 17.7 Å². The second-order valence-electron chi connectivity index (χ2n) is 5.44. The summed E-state index contributed by atoms with van der Waals surface area (Å²) in [6, 6.07) is 5.69. The normalized spacial score (nSPS) is 17.0. The van der Waals surface area contributed by atoms with Crippen molar-refractivity contribution in [2.24, 2.45) is 0 Å². The molecule has 0 fully saturated rings. The molecule has 0 unspecified atom stereocenters. The summed E-state index contributed by atoms with van der Waals surface area (Å²) in [4.78, 5) is 20.5. The van der Waals surface area contributed by atoms with Crippen molar-refractivity contribution >= 4 is 5.95 Å². The minimum absolute atomic E-state index is 0.0496. The van der Waals surface area contributed by atoms with Gasteiger partial charge in [-0.15, -0.1) is 0 Å². The van der Waals surface area contributed by atoms with Crippen LogP contribution in [0.2, 0.25) is 0 Å². The van der Waals surface area contributed by atoms with Crippen molar-refractivity contribution in [2.45, 2.75) is 31.8 Å². The zero-order valence-electron chi connectivity index (χ0n) is 12.7. The fourth-order valence-electron chi connectivity index (χ4n) is 2.93. The molecular formula is C16H20N4O2. The first kappa shape index (κ1) is 14.7. The Morgan fingerprint density at radius 3 is 2.95 bits per heavy atom. The molecule has 0 radical (unpaired) electrons. The molecule has 0 spiro atoms. The van der Waals surface area contributed by atoms with Crippen LogP contribution in [0, 0.1) is 0 Å². The lowest BCUT2D eigenvalue weighted by atomic mass is 9.91. The maximum Gasteiger partial charge on any atom is 0.250 e. The fraction of sp³-hybridized carbons (Fsp3) is 0.438. The molecule has 1 aliphatic rings. The number of pyridine rings is 1. The third-order valence-corrected chi connectivity index (χ3v) is 4.00. The second-order valence-corrected chi connectivity index (χ2v) is 5.44. The van der Waals surface area contributed by atoms with Gasteiger partial charge in [-0.2, -0.15) is 0 Å². The first-order valence-corrected chi connectivity index (χ1v) is 7.52. The molecule has 6 nitrogen and oxygen atoms in total. The van der Waals surface area contributed by atoms with Gasteiger partial charge in [0.25, 0.3) is 5.56 Å². The van der Waals surface area contributed by atoms with Gasteiger partial charge in [0.05, 0.1) is 6.61 Å². The van der Waals surface area contributed by atoms with E-state index in [0.717, 1.165) is 25.0 Å². The Bertz CT molecular complexity index is 684. The Labute approximate surface area is 129 Å². The Hall–Kier alpha value is -2.21. The van der Waals surface area contributed by atoms with E-state index in [9.17, 15) is 4.79 Å². The molecule has 1 N–H and O–H groups in total. The van der Waals surface area contributed by atoms with Crippen LogP contribution in [0.25, 0.3) is 0 Å². The molecule has 0 amide bonds. The predicted octanol–water partition coefficient (Wildman–Crippen LogP) is 1.25. The molecule has 1 aliphatic carbocycles. The summed E-state index contributed by atoms with van der Waals surface area (Å²) in [7, 11) is 1.65. The van der Waals surface area contributed by atoms with Crippen LogP contribution in [0.5, 0.6) is 0 Å². The van der Waals surface area contributed by atoms with Crippen LogP contribution in [0.3, 0.4) is 0 Å². The monoisotopic (exact) mass is 300 g/mol. The van der Waals surface area contributed by atoms with E-state index in [1.54, 1.807) is 31.6 Å². The maximum absolute atomic E-state index is 12.0. The number of nitrogens with zero attached hydrogens (tertiary/aromatic N) is 3. The number of rotatable bonds is 5. The van der Waals surface area contributed by atoms with E-state index in [1.807, 2.05) is 10.6 Å². The first-order chi connectivity index (χ1) is 10.8. The standard InChI is InChI=1S/C16H20N4O2/c1-22-10-9-20-14-5-4-13(11-12(14)3-6-15(20)21)19-16-17-7-2-8-18-16/h2-3,6-8,13H,4-5,9-11H2,1H3,(H,17,18,19)/t13-/m1/s1. The van der Waals surface area contributed by atoms with Crippen LogP contribution in [0.15, 0.2) is 35.4 Å². The Kier molecular flexibility index (Phi) is 4.48. The quantitative estimate of drug-likeness (QED) is 0.900. The zero-order valence-corrected chi connectivity index (χ0v) is 12.7. The van der Waals surface area contributed by atoms with E-state index in [0.29, 0.717) is 25.1 Å². The van der Waals surface area contributed by atoms with Crippen molar-refractivity contribution in [3.8, 4) is 0 Å². The molecule has 0 aromatic carbocycles. The van der Waals surface area contributed by atoms with Gasteiger partial charge in [-0.3, -0.25) is 4.79 Å². The summed E-state index contributed by atoms with van der Waals surface area (Å²) in [6.45, 7) is 1.16. The average Bonchev–Trinajstić information content (AvgIpc) is 2.55. The number of hydrogen-bond donors (Lipinski definition) is 1. The molecule has 6 heteroatoms. The number of aromatic nitrogens is 3. The van der Waals surface area contributed by atoms with Crippen LogP contribution < -0.4 is 10.9 Å². The molecule has 1 atom stereocenters. The molecule has 2 aromatic rings. The van der Waals surface area contributed by atoms with Gasteiger partial charge < -0.3 is 14.6 Å². The van der Waals surface area contributed by atoms with Crippen LogP contribution in [-0.2, 0) is 24.1 Å². The van der Waals surface area contributed by atoms with E-state index in [-0.39, 0.29) is 5.56 Å². The lowest BCUT2D eigenvalue weighted by Crippen LogP contribution is -2.34. The van der Waals surface area contributed by atoms with Gasteiger partial charge in [0.15, 0.2) is 0 Å². The van der Waals surface area contributed by atoms with Gasteiger partial charge in [0.2, 0.25) is 5.95 Å². The molecule has 0 saturated carbocycles. The Morgan fingerprint density at radius 1 is 1.36 bits per heavy atom. The molecule has 0 bridgehead atoms. The summed E-state index contributed by atoms with van der Waals surface area (Å²) in [6.07, 6.45) is 6.17. The summed E-state index contributed by atoms with van der Waals surface area (Å²) >= 11 is 0. The van der Waals surface area contributed by atoms with Crippen molar-refractivity contribution in [1.82, 2.24) is 14.5 Å². The molecule has 116 valence electrons. The van der Waals surface area contributed by atoms with Gasteiger partial charge in [0.1, 0.15) is 0 Å². The highest BCUT2D eigenvalue weighted by Gasteiger charge is 2.21. The summed E-state index contributed by atoms with van der Waals surface area (Å²) in [5.41, 5.74) is 2.40. The van der Waals surface area contributed by atoms with Gasteiger partial charge in [-0.25, -0.2) is 9.97 Å². The summed E-state index contributed by atoms with van der Waals surface area (Å²) in [5.74, 6) is 0.656. The molecule has 0 aliphatic heterocycles. The van der Waals surface area contributed by atoms with E-state index in [1.165, 1.54) is 5.56 Å². The highest BCUT2D eigenvalue weighted by Crippen LogP contribution is 2.22. The van der Waals surface area contributed by atoms with E-state index >= 15 is 0 Å². The lowest BCUT2D eigenvalue weighted by molar-refractivity contribution is 0.185. The SMILES string of the molecule is COCCn1c2c(ccc1=O)C[C@H](Nc1ncccn1)CC2. The molecule has 3 rings (SSSR count). The third-order valence-electron chi connectivity index (χ3n) is 4.00. The first-order valence-electron chi connectivity index (χ1n) is 7.52. The summed E-state index contributed by atoms with van der Waals surface area (Å²) < 4.78 is 6.94. The lowest BCUT2D eigenvalue weighted by Gasteiger charge is -2.27. The molecule has 2 heterocycles. The number of hydrogen-bond acceptors (Lipinski definition) is 5. The Balaban J connectivity index is 1.77. The third kappa shape index (κ3) is 3.17. The minimum Gasteiger partial charge on any atom is -0.383 e. The second kappa shape index (κ2) is 6.70. The van der Waals surface area contributed by atoms with E-state index in [4.69, 9.17) is 4.74 Å².